The topological polar surface area (TPSA) is 101 Å². The van der Waals surface area contributed by atoms with E-state index in [0.717, 1.165) is 5.56 Å². The molecule has 7 heteroatoms. The third-order valence-electron chi connectivity index (χ3n) is 5.26. The van der Waals surface area contributed by atoms with Crippen molar-refractivity contribution >= 4 is 11.7 Å². The first-order valence-electron chi connectivity index (χ1n) is 9.23. The Morgan fingerprint density at radius 3 is 2.59 bits per heavy atom. The number of hydrogen-bond donors (Lipinski definition) is 2. The number of aliphatic hydroxyl groups is 1. The van der Waals surface area contributed by atoms with E-state index in [1.54, 1.807) is 4.90 Å². The minimum Gasteiger partial charge on any atom is -0.388 e. The Bertz CT molecular complexity index is 842. The van der Waals surface area contributed by atoms with Crippen molar-refractivity contribution in [3.63, 3.8) is 0 Å². The third-order valence-corrected chi connectivity index (χ3v) is 5.26. The molecule has 1 saturated heterocycles. The molecule has 7 nitrogen and oxygen atoms in total. The second-order valence-electron chi connectivity index (χ2n) is 7.40. The zero-order chi connectivity index (χ0) is 19.4. The molecule has 1 fully saturated rings. The number of nitrogen functional groups attached to an aromatic ring is 1. The second kappa shape index (κ2) is 7.92. The maximum Gasteiger partial charge on any atom is 0.255 e. The molecule has 1 amide bonds. The summed E-state index contributed by atoms with van der Waals surface area (Å²) in [7, 11) is 0. The molecule has 2 aromatic rings. The van der Waals surface area contributed by atoms with Crippen molar-refractivity contribution in [2.45, 2.75) is 44.2 Å². The standard InChI is InChI=1S/C20H26N4O3/c1-15(16-5-3-2-4-6-16)11-18(25)23-9-7-20(27,8-10-23)13-24-14-22-17(21)12-19(24)26/h2-6,12,14-15,27H,7-11,13,21H2,1H3/t15-/m1/s1. The van der Waals surface area contributed by atoms with Crippen LogP contribution >= 0.6 is 0 Å². The highest BCUT2D eigenvalue weighted by Crippen LogP contribution is 2.26. The number of likely N-dealkylation sites (tertiary alicyclic amines) is 1. The van der Waals surface area contributed by atoms with Gasteiger partial charge in [-0.3, -0.25) is 14.2 Å². The fraction of sp³-hybridized carbons (Fsp3) is 0.450. The first kappa shape index (κ1) is 19.1. The Labute approximate surface area is 158 Å². The van der Waals surface area contributed by atoms with Gasteiger partial charge < -0.3 is 15.7 Å². The van der Waals surface area contributed by atoms with Gasteiger partial charge >= 0.3 is 0 Å². The van der Waals surface area contributed by atoms with E-state index < -0.39 is 5.60 Å². The van der Waals surface area contributed by atoms with Gasteiger partial charge in [-0.2, -0.15) is 0 Å². The van der Waals surface area contributed by atoms with Gasteiger partial charge in [0, 0.05) is 25.6 Å². The van der Waals surface area contributed by atoms with Crippen molar-refractivity contribution in [3.8, 4) is 0 Å². The van der Waals surface area contributed by atoms with Gasteiger partial charge in [0.2, 0.25) is 5.91 Å². The first-order valence-corrected chi connectivity index (χ1v) is 9.23. The van der Waals surface area contributed by atoms with Gasteiger partial charge in [0.1, 0.15) is 5.82 Å². The SMILES string of the molecule is C[C@H](CC(=O)N1CCC(O)(Cn2cnc(N)cc2=O)CC1)c1ccccc1. The van der Waals surface area contributed by atoms with Crippen LogP contribution in [0.2, 0.25) is 0 Å². The van der Waals surface area contributed by atoms with E-state index in [2.05, 4.69) is 4.98 Å². The Balaban J connectivity index is 1.56. The molecule has 144 valence electrons. The van der Waals surface area contributed by atoms with Crippen LogP contribution in [0.3, 0.4) is 0 Å². The van der Waals surface area contributed by atoms with Crippen molar-refractivity contribution in [1.82, 2.24) is 14.5 Å². The summed E-state index contributed by atoms with van der Waals surface area (Å²) < 4.78 is 1.37. The summed E-state index contributed by atoms with van der Waals surface area (Å²) in [6.45, 7) is 3.16. The highest BCUT2D eigenvalue weighted by molar-refractivity contribution is 5.77. The fourth-order valence-corrected chi connectivity index (χ4v) is 3.50. The van der Waals surface area contributed by atoms with E-state index in [1.807, 2.05) is 37.3 Å². The number of rotatable bonds is 5. The summed E-state index contributed by atoms with van der Waals surface area (Å²) in [6, 6.07) is 11.2. The van der Waals surface area contributed by atoms with Gasteiger partial charge in [-0.15, -0.1) is 0 Å². The number of piperidine rings is 1. The van der Waals surface area contributed by atoms with Gasteiger partial charge in [0.05, 0.1) is 18.5 Å². The van der Waals surface area contributed by atoms with E-state index in [-0.39, 0.29) is 29.7 Å². The lowest BCUT2D eigenvalue weighted by Gasteiger charge is -2.38. The monoisotopic (exact) mass is 370 g/mol. The van der Waals surface area contributed by atoms with Crippen molar-refractivity contribution in [1.29, 1.82) is 0 Å². The summed E-state index contributed by atoms with van der Waals surface area (Å²) >= 11 is 0. The van der Waals surface area contributed by atoms with Crippen molar-refractivity contribution in [3.05, 3.63) is 58.6 Å². The number of nitrogens with zero attached hydrogens (tertiary/aromatic N) is 3. The van der Waals surface area contributed by atoms with Gasteiger partial charge in [0.25, 0.3) is 5.56 Å². The lowest BCUT2D eigenvalue weighted by atomic mass is 9.90. The molecule has 1 aliphatic heterocycles. The molecule has 0 saturated carbocycles. The minimum absolute atomic E-state index is 0.0970. The quantitative estimate of drug-likeness (QED) is 0.828. The number of carbonyl (C=O) groups excluding carboxylic acids is 1. The molecule has 1 atom stereocenters. The third kappa shape index (κ3) is 4.74. The summed E-state index contributed by atoms with van der Waals surface area (Å²) in [5, 5.41) is 10.8. The molecule has 0 bridgehead atoms. The number of anilines is 1. The highest BCUT2D eigenvalue weighted by Gasteiger charge is 2.34. The molecule has 0 aliphatic carbocycles. The van der Waals surface area contributed by atoms with Crippen LogP contribution in [0.4, 0.5) is 5.82 Å². The number of hydrogen-bond acceptors (Lipinski definition) is 5. The van der Waals surface area contributed by atoms with Crippen molar-refractivity contribution < 1.29 is 9.90 Å². The van der Waals surface area contributed by atoms with Gasteiger partial charge in [-0.25, -0.2) is 4.98 Å². The lowest BCUT2D eigenvalue weighted by Crippen LogP contribution is -2.49. The minimum atomic E-state index is -1.02. The number of amides is 1. The summed E-state index contributed by atoms with van der Waals surface area (Å²) in [5.41, 5.74) is 5.33. The number of nitrogens with two attached hydrogens (primary N) is 1. The molecular weight excluding hydrogens is 344 g/mol. The van der Waals surface area contributed by atoms with Crippen LogP contribution in [0.5, 0.6) is 0 Å². The average Bonchev–Trinajstić information content (AvgIpc) is 2.65. The number of aromatic nitrogens is 2. The largest absolute Gasteiger partial charge is 0.388 e. The fourth-order valence-electron chi connectivity index (χ4n) is 3.50. The van der Waals surface area contributed by atoms with Crippen LogP contribution < -0.4 is 11.3 Å². The smallest absolute Gasteiger partial charge is 0.255 e. The summed E-state index contributed by atoms with van der Waals surface area (Å²) in [5.74, 6) is 0.412. The Kier molecular flexibility index (Phi) is 5.60. The molecule has 1 aromatic carbocycles. The van der Waals surface area contributed by atoms with Gasteiger partial charge in [-0.05, 0) is 24.3 Å². The Morgan fingerprint density at radius 1 is 1.30 bits per heavy atom. The van der Waals surface area contributed by atoms with E-state index in [0.29, 0.717) is 32.4 Å². The van der Waals surface area contributed by atoms with Gasteiger partial charge in [-0.1, -0.05) is 37.3 Å². The number of carbonyl (C=O) groups is 1. The Hall–Kier alpha value is -2.67. The first-order chi connectivity index (χ1) is 12.9. The molecule has 27 heavy (non-hydrogen) atoms. The van der Waals surface area contributed by atoms with Crippen LogP contribution in [0, 0.1) is 0 Å². The van der Waals surface area contributed by atoms with E-state index in [9.17, 15) is 14.7 Å². The lowest BCUT2D eigenvalue weighted by molar-refractivity contribution is -0.136. The molecule has 0 radical (unpaired) electrons. The summed E-state index contributed by atoms with van der Waals surface area (Å²) in [6.07, 6.45) is 2.66. The Morgan fingerprint density at radius 2 is 1.96 bits per heavy atom. The average molecular weight is 370 g/mol. The normalized spacial score (nSPS) is 17.5. The zero-order valence-electron chi connectivity index (χ0n) is 15.5. The van der Waals surface area contributed by atoms with Crippen LogP contribution in [-0.4, -0.2) is 44.2 Å². The predicted molar refractivity (Wildman–Crippen MR) is 103 cm³/mol. The zero-order valence-corrected chi connectivity index (χ0v) is 15.5. The van der Waals surface area contributed by atoms with Crippen LogP contribution in [0.15, 0.2) is 47.5 Å². The second-order valence-corrected chi connectivity index (χ2v) is 7.40. The maximum atomic E-state index is 12.6. The molecule has 0 unspecified atom stereocenters. The van der Waals surface area contributed by atoms with E-state index in [4.69, 9.17) is 5.73 Å². The molecule has 3 N–H and O–H groups in total. The predicted octanol–water partition coefficient (Wildman–Crippen LogP) is 1.37. The summed E-state index contributed by atoms with van der Waals surface area (Å²) in [4.78, 5) is 30.3. The van der Waals surface area contributed by atoms with E-state index in [1.165, 1.54) is 17.0 Å². The molecule has 3 rings (SSSR count). The van der Waals surface area contributed by atoms with Crippen molar-refractivity contribution in [2.24, 2.45) is 0 Å². The van der Waals surface area contributed by atoms with Crippen LogP contribution in [0.25, 0.3) is 0 Å². The molecule has 1 aromatic heterocycles. The molecular formula is C20H26N4O3. The number of benzene rings is 1. The molecule has 1 aliphatic rings. The molecule has 2 heterocycles. The highest BCUT2D eigenvalue weighted by atomic mass is 16.3. The molecule has 0 spiro atoms. The van der Waals surface area contributed by atoms with Gasteiger partial charge in [0.15, 0.2) is 0 Å². The van der Waals surface area contributed by atoms with Crippen LogP contribution in [-0.2, 0) is 11.3 Å². The van der Waals surface area contributed by atoms with E-state index >= 15 is 0 Å². The van der Waals surface area contributed by atoms with Crippen molar-refractivity contribution in [2.75, 3.05) is 18.8 Å². The van der Waals surface area contributed by atoms with Crippen LogP contribution in [0.1, 0.15) is 37.7 Å². The maximum absolute atomic E-state index is 12.6.